The molecule has 25 heavy (non-hydrogen) atoms. The van der Waals surface area contributed by atoms with E-state index in [0.717, 1.165) is 5.56 Å². The van der Waals surface area contributed by atoms with Gasteiger partial charge in [-0.1, -0.05) is 24.0 Å². The van der Waals surface area contributed by atoms with E-state index in [1.807, 2.05) is 0 Å². The summed E-state index contributed by atoms with van der Waals surface area (Å²) >= 11 is 0. The van der Waals surface area contributed by atoms with E-state index in [4.69, 9.17) is 4.74 Å². The third-order valence-electron chi connectivity index (χ3n) is 3.29. The second kappa shape index (κ2) is 7.67. The number of rotatable bonds is 4. The molecule has 128 valence electrons. The van der Waals surface area contributed by atoms with Gasteiger partial charge in [0.2, 0.25) is 5.78 Å². The quantitative estimate of drug-likeness (QED) is 0.480. The highest BCUT2D eigenvalue weighted by Gasteiger charge is 2.39. The highest BCUT2D eigenvalue weighted by Crippen LogP contribution is 2.19. The topological polar surface area (TPSA) is 43.4 Å². The lowest BCUT2D eigenvalue weighted by atomic mass is 10.0. The van der Waals surface area contributed by atoms with Crippen LogP contribution in [-0.2, 0) is 4.79 Å². The van der Waals surface area contributed by atoms with Gasteiger partial charge in [-0.25, -0.2) is 0 Å². The van der Waals surface area contributed by atoms with E-state index in [1.165, 1.54) is 24.3 Å². The van der Waals surface area contributed by atoms with Crippen molar-refractivity contribution in [2.45, 2.75) is 12.6 Å². The van der Waals surface area contributed by atoms with Crippen molar-refractivity contribution >= 4 is 11.6 Å². The van der Waals surface area contributed by atoms with Gasteiger partial charge in [-0.2, -0.15) is 13.2 Å². The number of benzene rings is 2. The number of hydrogen-bond acceptors (Lipinski definition) is 3. The molecule has 0 N–H and O–H groups in total. The average Bonchev–Trinajstić information content (AvgIpc) is 2.60. The SMILES string of the molecule is COc1ccc(C#Cc2ccc(C(=O)CC(=O)C(F)(F)F)cc2)cc1. The summed E-state index contributed by atoms with van der Waals surface area (Å²) in [6.45, 7) is 0. The molecule has 0 aliphatic heterocycles. The molecule has 0 aliphatic rings. The molecule has 2 aromatic rings. The maximum Gasteiger partial charge on any atom is 0.450 e. The van der Waals surface area contributed by atoms with Gasteiger partial charge in [-0.15, -0.1) is 0 Å². The van der Waals surface area contributed by atoms with Crippen LogP contribution in [0.4, 0.5) is 13.2 Å². The Morgan fingerprint density at radius 3 is 1.84 bits per heavy atom. The highest BCUT2D eigenvalue weighted by atomic mass is 19.4. The molecule has 0 saturated heterocycles. The summed E-state index contributed by atoms with van der Waals surface area (Å²) in [4.78, 5) is 22.5. The summed E-state index contributed by atoms with van der Waals surface area (Å²) in [6.07, 6.45) is -6.19. The number of ether oxygens (including phenoxy) is 1. The maximum atomic E-state index is 12.2. The van der Waals surface area contributed by atoms with E-state index in [9.17, 15) is 22.8 Å². The van der Waals surface area contributed by atoms with Crippen molar-refractivity contribution in [2.24, 2.45) is 0 Å². The van der Waals surface area contributed by atoms with Crippen LogP contribution in [0.3, 0.4) is 0 Å². The second-order valence-electron chi connectivity index (χ2n) is 5.08. The Bertz CT molecular complexity index is 823. The highest BCUT2D eigenvalue weighted by molar-refractivity contribution is 6.09. The van der Waals surface area contributed by atoms with Crippen LogP contribution in [0.5, 0.6) is 5.75 Å². The zero-order valence-electron chi connectivity index (χ0n) is 13.2. The van der Waals surface area contributed by atoms with Gasteiger partial charge < -0.3 is 4.74 Å². The number of hydrogen-bond donors (Lipinski definition) is 0. The van der Waals surface area contributed by atoms with Crippen LogP contribution in [0, 0.1) is 11.8 Å². The molecular weight excluding hydrogens is 333 g/mol. The third-order valence-corrected chi connectivity index (χ3v) is 3.29. The first-order valence-electron chi connectivity index (χ1n) is 7.19. The van der Waals surface area contributed by atoms with E-state index in [0.29, 0.717) is 11.3 Å². The van der Waals surface area contributed by atoms with Crippen molar-refractivity contribution in [3.8, 4) is 17.6 Å². The number of methoxy groups -OCH3 is 1. The maximum absolute atomic E-state index is 12.2. The van der Waals surface area contributed by atoms with Gasteiger partial charge >= 0.3 is 6.18 Å². The average molecular weight is 346 g/mol. The Morgan fingerprint density at radius 1 is 0.920 bits per heavy atom. The summed E-state index contributed by atoms with van der Waals surface area (Å²) in [5.74, 6) is 3.58. The lowest BCUT2D eigenvalue weighted by molar-refractivity contribution is -0.170. The van der Waals surface area contributed by atoms with Crippen LogP contribution < -0.4 is 4.74 Å². The van der Waals surface area contributed by atoms with Gasteiger partial charge in [0.1, 0.15) is 5.75 Å². The Kier molecular flexibility index (Phi) is 5.60. The first kappa shape index (κ1) is 18.3. The van der Waals surface area contributed by atoms with Crippen LogP contribution in [0.15, 0.2) is 48.5 Å². The normalized spacial score (nSPS) is 10.6. The molecule has 2 rings (SSSR count). The molecule has 0 heterocycles. The van der Waals surface area contributed by atoms with Gasteiger partial charge in [0.05, 0.1) is 13.5 Å². The summed E-state index contributed by atoms with van der Waals surface area (Å²) in [5, 5.41) is 0. The van der Waals surface area contributed by atoms with Crippen molar-refractivity contribution in [2.75, 3.05) is 7.11 Å². The molecule has 2 aromatic carbocycles. The van der Waals surface area contributed by atoms with Crippen molar-refractivity contribution < 1.29 is 27.5 Å². The number of carbonyl (C=O) groups excluding carboxylic acids is 2. The predicted octanol–water partition coefficient (Wildman–Crippen LogP) is 3.80. The molecule has 0 radical (unpaired) electrons. The van der Waals surface area contributed by atoms with Crippen LogP contribution in [0.1, 0.15) is 27.9 Å². The lowest BCUT2D eigenvalue weighted by Gasteiger charge is -2.04. The van der Waals surface area contributed by atoms with Crippen LogP contribution >= 0.6 is 0 Å². The Hall–Kier alpha value is -3.07. The minimum Gasteiger partial charge on any atom is -0.497 e. The molecular formula is C19H13F3O3. The molecule has 3 nitrogen and oxygen atoms in total. The number of carbonyl (C=O) groups is 2. The van der Waals surface area contributed by atoms with Crippen LogP contribution in [0.2, 0.25) is 0 Å². The first-order chi connectivity index (χ1) is 11.8. The van der Waals surface area contributed by atoms with Gasteiger partial charge in [0, 0.05) is 16.7 Å². The van der Waals surface area contributed by atoms with Crippen molar-refractivity contribution in [3.05, 3.63) is 65.2 Å². The Labute approximate surface area is 142 Å². The number of ketones is 2. The Balaban J connectivity index is 2.06. The largest absolute Gasteiger partial charge is 0.497 e. The molecule has 0 unspecified atom stereocenters. The summed E-state index contributed by atoms with van der Waals surface area (Å²) in [6, 6.07) is 12.8. The molecule has 0 saturated carbocycles. The zero-order valence-corrected chi connectivity index (χ0v) is 13.2. The monoisotopic (exact) mass is 346 g/mol. The number of alkyl halides is 3. The van der Waals surface area contributed by atoms with E-state index < -0.39 is 24.2 Å². The standard InChI is InChI=1S/C19H13F3O3/c1-25-16-10-6-14(7-11-16)3-2-13-4-8-15(9-5-13)17(23)12-18(24)19(20,21)22/h4-11H,12H2,1H3. The molecule has 0 aromatic heterocycles. The second-order valence-corrected chi connectivity index (χ2v) is 5.08. The van der Waals surface area contributed by atoms with Crippen molar-refractivity contribution in [3.63, 3.8) is 0 Å². The van der Waals surface area contributed by atoms with E-state index >= 15 is 0 Å². The molecule has 0 spiro atoms. The molecule has 0 fully saturated rings. The smallest absolute Gasteiger partial charge is 0.450 e. The summed E-state index contributed by atoms with van der Waals surface area (Å²) < 4.78 is 41.6. The minimum atomic E-state index is -5.00. The summed E-state index contributed by atoms with van der Waals surface area (Å²) in [5.41, 5.74) is 1.39. The fourth-order valence-corrected chi connectivity index (χ4v) is 1.91. The summed E-state index contributed by atoms with van der Waals surface area (Å²) in [7, 11) is 1.56. The van der Waals surface area contributed by atoms with Crippen LogP contribution in [-0.4, -0.2) is 24.9 Å². The molecule has 0 atom stereocenters. The molecule has 0 aliphatic carbocycles. The number of halogens is 3. The van der Waals surface area contributed by atoms with Crippen LogP contribution in [0.25, 0.3) is 0 Å². The first-order valence-corrected chi connectivity index (χ1v) is 7.19. The van der Waals surface area contributed by atoms with Crippen molar-refractivity contribution in [1.82, 2.24) is 0 Å². The van der Waals surface area contributed by atoms with E-state index in [2.05, 4.69) is 11.8 Å². The number of Topliss-reactive ketones (excluding diaryl/α,β-unsaturated/α-hetero) is 2. The zero-order chi connectivity index (χ0) is 18.4. The van der Waals surface area contributed by atoms with Gasteiger partial charge in [-0.3, -0.25) is 9.59 Å². The fourth-order valence-electron chi connectivity index (χ4n) is 1.91. The molecule has 0 amide bonds. The van der Waals surface area contributed by atoms with Gasteiger partial charge in [-0.05, 0) is 36.4 Å². The van der Waals surface area contributed by atoms with E-state index in [1.54, 1.807) is 31.4 Å². The minimum absolute atomic E-state index is 0.0348. The van der Waals surface area contributed by atoms with Crippen molar-refractivity contribution in [1.29, 1.82) is 0 Å². The third kappa shape index (κ3) is 5.21. The van der Waals surface area contributed by atoms with E-state index in [-0.39, 0.29) is 5.56 Å². The fraction of sp³-hybridized carbons (Fsp3) is 0.158. The molecule has 0 bridgehead atoms. The lowest BCUT2D eigenvalue weighted by Crippen LogP contribution is -2.25. The molecule has 6 heteroatoms. The van der Waals surface area contributed by atoms with Gasteiger partial charge in [0.15, 0.2) is 5.78 Å². The van der Waals surface area contributed by atoms with Gasteiger partial charge in [0.25, 0.3) is 0 Å². The predicted molar refractivity (Wildman–Crippen MR) is 85.4 cm³/mol. The Morgan fingerprint density at radius 2 is 1.40 bits per heavy atom.